The van der Waals surface area contributed by atoms with Crippen LogP contribution < -0.4 is 15.4 Å². The van der Waals surface area contributed by atoms with Gasteiger partial charge in [-0.3, -0.25) is 9.59 Å². The molecule has 0 aromatic carbocycles. The first-order valence-corrected chi connectivity index (χ1v) is 11.5. The van der Waals surface area contributed by atoms with Crippen LogP contribution in [-0.4, -0.2) is 55.7 Å². The zero-order valence-corrected chi connectivity index (χ0v) is 20.0. The predicted molar refractivity (Wildman–Crippen MR) is 118 cm³/mol. The summed E-state index contributed by atoms with van der Waals surface area (Å²) in [4.78, 5) is 29.2. The Bertz CT molecular complexity index is 1250. The fourth-order valence-corrected chi connectivity index (χ4v) is 4.06. The third kappa shape index (κ3) is 6.51. The van der Waals surface area contributed by atoms with Crippen LogP contribution in [0, 0.1) is 11.8 Å². The molecule has 4 rings (SSSR count). The molecule has 0 radical (unpaired) electrons. The Morgan fingerprint density at radius 1 is 1.27 bits per heavy atom. The third-order valence-corrected chi connectivity index (χ3v) is 5.83. The van der Waals surface area contributed by atoms with Gasteiger partial charge in [0.15, 0.2) is 12.3 Å². The van der Waals surface area contributed by atoms with E-state index in [4.69, 9.17) is 4.74 Å². The number of carbonyl (C=O) groups is 2. The zero-order chi connectivity index (χ0) is 26.7. The molecule has 1 aliphatic carbocycles. The van der Waals surface area contributed by atoms with Crippen LogP contribution in [-0.2, 0) is 11.3 Å². The molecule has 3 aromatic heterocycles. The number of hydrogen-bond acceptors (Lipinski definition) is 8. The standard InChI is InChI=1S/C22H25F4N7O4/c1-11(2)18(30-17(34)3-12-5-22(25,26)6-12)13-4-16-29-14(9-33(16)28-7-13)8-27-20(35)19-21(32-37-31-19)36-10-15(23)24/h4,7,9,11-12,15,18H,3,5-6,8,10H2,1-2H3,(H,27,35)(H,30,34). The van der Waals surface area contributed by atoms with Crippen LogP contribution in [0.4, 0.5) is 17.6 Å². The van der Waals surface area contributed by atoms with Gasteiger partial charge >= 0.3 is 0 Å². The number of fused-ring (bicyclic) bond motifs is 1. The van der Waals surface area contributed by atoms with Crippen LogP contribution in [0.25, 0.3) is 5.65 Å². The maximum absolute atomic E-state index is 13.1. The number of rotatable bonds is 11. The highest BCUT2D eigenvalue weighted by Crippen LogP contribution is 2.44. The molecule has 1 fully saturated rings. The van der Waals surface area contributed by atoms with Crippen LogP contribution in [0.5, 0.6) is 5.88 Å². The Labute approximate surface area is 207 Å². The lowest BCUT2D eigenvalue weighted by atomic mass is 9.79. The highest BCUT2D eigenvalue weighted by atomic mass is 19.3. The molecular weight excluding hydrogens is 502 g/mol. The number of nitrogens with zero attached hydrogens (tertiary/aromatic N) is 5. The van der Waals surface area contributed by atoms with E-state index in [9.17, 15) is 27.2 Å². The van der Waals surface area contributed by atoms with Crippen molar-refractivity contribution in [3.63, 3.8) is 0 Å². The molecule has 200 valence electrons. The molecule has 1 unspecified atom stereocenters. The van der Waals surface area contributed by atoms with Crippen molar-refractivity contribution in [3.05, 3.63) is 35.4 Å². The summed E-state index contributed by atoms with van der Waals surface area (Å²) < 4.78 is 61.4. The van der Waals surface area contributed by atoms with Crippen molar-refractivity contribution >= 4 is 17.5 Å². The number of aromatic nitrogens is 5. The molecular formula is C22H25F4N7O4. The fraction of sp³-hybridized carbons (Fsp3) is 0.545. The second kappa shape index (κ2) is 10.7. The predicted octanol–water partition coefficient (Wildman–Crippen LogP) is 2.93. The van der Waals surface area contributed by atoms with Crippen molar-refractivity contribution in [2.75, 3.05) is 6.61 Å². The second-order valence-corrected chi connectivity index (χ2v) is 9.25. The number of amides is 2. The minimum Gasteiger partial charge on any atom is -0.468 e. The number of hydrogen-bond donors (Lipinski definition) is 2. The number of halogens is 4. The number of nitrogens with one attached hydrogen (secondary N) is 2. The molecule has 0 spiro atoms. The molecule has 1 aliphatic rings. The molecule has 1 saturated carbocycles. The quantitative estimate of drug-likeness (QED) is 0.363. The van der Waals surface area contributed by atoms with E-state index in [-0.39, 0.29) is 49.2 Å². The Hall–Kier alpha value is -3.78. The van der Waals surface area contributed by atoms with Gasteiger partial charge in [0.25, 0.3) is 18.2 Å². The monoisotopic (exact) mass is 527 g/mol. The highest BCUT2D eigenvalue weighted by molar-refractivity contribution is 5.94. The molecule has 3 aromatic rings. The summed E-state index contributed by atoms with van der Waals surface area (Å²) in [6.45, 7) is 2.81. The Kier molecular flexibility index (Phi) is 7.59. The first-order valence-electron chi connectivity index (χ1n) is 11.5. The maximum Gasteiger partial charge on any atom is 0.289 e. The second-order valence-electron chi connectivity index (χ2n) is 9.25. The Balaban J connectivity index is 1.38. The topological polar surface area (TPSA) is 137 Å². The van der Waals surface area contributed by atoms with Crippen molar-refractivity contribution < 1.29 is 36.5 Å². The van der Waals surface area contributed by atoms with E-state index in [1.165, 1.54) is 4.52 Å². The SMILES string of the molecule is CC(C)C(NC(=O)CC1CC(F)(F)C1)c1cnn2cc(CNC(=O)c3nonc3OCC(F)F)nc2c1. The molecule has 11 nitrogen and oxygen atoms in total. The largest absolute Gasteiger partial charge is 0.468 e. The van der Waals surface area contributed by atoms with Crippen molar-refractivity contribution in [3.8, 4) is 5.88 Å². The number of imidazole rings is 1. The Morgan fingerprint density at radius 3 is 2.70 bits per heavy atom. The number of carbonyl (C=O) groups excluding carboxylic acids is 2. The van der Waals surface area contributed by atoms with Gasteiger partial charge < -0.3 is 15.4 Å². The highest BCUT2D eigenvalue weighted by Gasteiger charge is 2.45. The normalized spacial score (nSPS) is 16.1. The van der Waals surface area contributed by atoms with Crippen LogP contribution in [0.15, 0.2) is 23.1 Å². The van der Waals surface area contributed by atoms with Gasteiger partial charge in [0.2, 0.25) is 17.5 Å². The summed E-state index contributed by atoms with van der Waals surface area (Å²) >= 11 is 0. The summed E-state index contributed by atoms with van der Waals surface area (Å²) in [5.74, 6) is -4.53. The Morgan fingerprint density at radius 2 is 2.03 bits per heavy atom. The summed E-state index contributed by atoms with van der Waals surface area (Å²) in [5.41, 5.74) is 1.18. The molecule has 2 N–H and O–H groups in total. The molecule has 0 aliphatic heterocycles. The smallest absolute Gasteiger partial charge is 0.289 e. The van der Waals surface area contributed by atoms with Gasteiger partial charge in [-0.05, 0) is 33.8 Å². The molecule has 3 heterocycles. The lowest BCUT2D eigenvalue weighted by Gasteiger charge is -2.35. The molecule has 0 bridgehead atoms. The van der Waals surface area contributed by atoms with Crippen molar-refractivity contribution in [1.82, 2.24) is 35.5 Å². The van der Waals surface area contributed by atoms with E-state index in [2.05, 4.69) is 35.7 Å². The van der Waals surface area contributed by atoms with E-state index in [1.54, 1.807) is 18.5 Å². The van der Waals surface area contributed by atoms with Gasteiger partial charge in [0.05, 0.1) is 30.7 Å². The van der Waals surface area contributed by atoms with E-state index in [0.29, 0.717) is 16.9 Å². The van der Waals surface area contributed by atoms with Crippen molar-refractivity contribution in [2.45, 2.75) is 58.0 Å². The third-order valence-electron chi connectivity index (χ3n) is 5.83. The lowest BCUT2D eigenvalue weighted by molar-refractivity contribution is -0.134. The molecule has 2 amide bonds. The number of ether oxygens (including phenoxy) is 1. The minimum absolute atomic E-state index is 0.0118. The first kappa shape index (κ1) is 26.3. The van der Waals surface area contributed by atoms with E-state index in [1.807, 2.05) is 13.8 Å². The minimum atomic E-state index is -2.76. The van der Waals surface area contributed by atoms with Gasteiger partial charge in [0, 0.05) is 19.3 Å². The van der Waals surface area contributed by atoms with Crippen molar-refractivity contribution in [2.24, 2.45) is 11.8 Å². The fourth-order valence-electron chi connectivity index (χ4n) is 4.06. The van der Waals surface area contributed by atoms with Gasteiger partial charge in [-0.2, -0.15) is 5.10 Å². The molecule has 15 heteroatoms. The van der Waals surface area contributed by atoms with Crippen LogP contribution in [0.1, 0.15) is 60.9 Å². The van der Waals surface area contributed by atoms with Crippen LogP contribution >= 0.6 is 0 Å². The summed E-state index contributed by atoms with van der Waals surface area (Å²) in [5, 5.41) is 16.4. The average Bonchev–Trinajstić information content (AvgIpc) is 3.44. The van der Waals surface area contributed by atoms with Gasteiger partial charge in [0.1, 0.15) is 0 Å². The summed E-state index contributed by atoms with van der Waals surface area (Å²) in [7, 11) is 0. The maximum atomic E-state index is 13.1. The van der Waals surface area contributed by atoms with Crippen molar-refractivity contribution in [1.29, 1.82) is 0 Å². The molecule has 0 saturated heterocycles. The van der Waals surface area contributed by atoms with Crippen LogP contribution in [0.2, 0.25) is 0 Å². The lowest BCUT2D eigenvalue weighted by Crippen LogP contribution is -2.40. The average molecular weight is 527 g/mol. The van der Waals surface area contributed by atoms with Gasteiger partial charge in [-0.25, -0.2) is 31.7 Å². The van der Waals surface area contributed by atoms with Crippen LogP contribution in [0.3, 0.4) is 0 Å². The summed E-state index contributed by atoms with van der Waals surface area (Å²) in [6, 6.07) is 1.33. The van der Waals surface area contributed by atoms with Gasteiger partial charge in [-0.1, -0.05) is 13.8 Å². The van der Waals surface area contributed by atoms with Gasteiger partial charge in [-0.15, -0.1) is 0 Å². The number of alkyl halides is 4. The zero-order valence-electron chi connectivity index (χ0n) is 20.0. The molecule has 1 atom stereocenters. The van der Waals surface area contributed by atoms with E-state index < -0.39 is 36.8 Å². The summed E-state index contributed by atoms with van der Waals surface area (Å²) in [6.07, 6.45) is -0.114. The van der Waals surface area contributed by atoms with E-state index >= 15 is 0 Å². The van der Waals surface area contributed by atoms with E-state index in [0.717, 1.165) is 0 Å². The first-order chi connectivity index (χ1) is 17.5. The molecule has 37 heavy (non-hydrogen) atoms.